The summed E-state index contributed by atoms with van der Waals surface area (Å²) in [6.45, 7) is 1.10. The second-order valence-electron chi connectivity index (χ2n) is 3.59. The molecule has 3 nitrogen and oxygen atoms in total. The molecule has 0 saturated carbocycles. The lowest BCUT2D eigenvalue weighted by Gasteiger charge is -2.12. The van der Waals surface area contributed by atoms with Crippen molar-refractivity contribution < 1.29 is 0 Å². The van der Waals surface area contributed by atoms with Crippen molar-refractivity contribution >= 4 is 11.8 Å². The van der Waals surface area contributed by atoms with Gasteiger partial charge in [0, 0.05) is 29.6 Å². The predicted molar refractivity (Wildman–Crippen MR) is 49.9 cm³/mol. The summed E-state index contributed by atoms with van der Waals surface area (Å²) in [5, 5.41) is 5.73. The Kier molecular flexibility index (Phi) is 1.39. The maximum absolute atomic E-state index is 4.25. The molecule has 0 amide bonds. The second kappa shape index (κ2) is 2.55. The molecule has 1 aliphatic heterocycles. The van der Waals surface area contributed by atoms with Gasteiger partial charge < -0.3 is 5.32 Å². The van der Waals surface area contributed by atoms with Crippen molar-refractivity contribution in [3.05, 3.63) is 23.1 Å². The Bertz CT molecular complexity index is 449. The van der Waals surface area contributed by atoms with E-state index >= 15 is 0 Å². The number of fused-ring (bicyclic) bond motifs is 2. The summed E-state index contributed by atoms with van der Waals surface area (Å²) >= 11 is 0. The van der Waals surface area contributed by atoms with Crippen molar-refractivity contribution in [2.45, 2.75) is 12.8 Å². The molecule has 1 aromatic rings. The lowest BCUT2D eigenvalue weighted by atomic mass is 9.96. The number of hydrogen-bond acceptors (Lipinski definition) is 3. The Morgan fingerprint density at radius 3 is 3.46 bits per heavy atom. The molecule has 1 saturated heterocycles. The quantitative estimate of drug-likeness (QED) is 0.568. The highest BCUT2D eigenvalue weighted by Gasteiger charge is 2.22. The molecule has 1 aromatic heterocycles. The van der Waals surface area contributed by atoms with Gasteiger partial charge in [0.2, 0.25) is 0 Å². The molecule has 1 aliphatic carbocycles. The Morgan fingerprint density at radius 2 is 2.46 bits per heavy atom. The van der Waals surface area contributed by atoms with Gasteiger partial charge in [0.1, 0.15) is 6.33 Å². The first-order valence-corrected chi connectivity index (χ1v) is 4.69. The molecule has 2 heterocycles. The second-order valence-corrected chi connectivity index (χ2v) is 3.59. The summed E-state index contributed by atoms with van der Waals surface area (Å²) in [6, 6.07) is 0. The van der Waals surface area contributed by atoms with Crippen LogP contribution in [-0.2, 0) is 0 Å². The zero-order chi connectivity index (χ0) is 8.67. The Balaban J connectivity index is 2.38. The zero-order valence-corrected chi connectivity index (χ0v) is 7.33. The van der Waals surface area contributed by atoms with E-state index in [4.69, 9.17) is 0 Å². The summed E-state index contributed by atoms with van der Waals surface area (Å²) in [5.41, 5.74) is 1.36. The first-order chi connectivity index (χ1) is 6.45. The van der Waals surface area contributed by atoms with Crippen molar-refractivity contribution in [3.63, 3.8) is 0 Å². The number of aromatic nitrogens is 2. The normalized spacial score (nSPS) is 24.3. The summed E-state index contributed by atoms with van der Waals surface area (Å²) in [7, 11) is 0. The van der Waals surface area contributed by atoms with Crippen LogP contribution in [0, 0.1) is 5.92 Å². The van der Waals surface area contributed by atoms with Crippen molar-refractivity contribution in [1.29, 1.82) is 0 Å². The van der Waals surface area contributed by atoms with Crippen LogP contribution in [0.15, 0.2) is 12.5 Å². The Hall–Kier alpha value is -1.38. The summed E-state index contributed by atoms with van der Waals surface area (Å²) in [4.78, 5) is 8.32. The Morgan fingerprint density at radius 1 is 1.46 bits per heavy atom. The van der Waals surface area contributed by atoms with E-state index in [1.807, 2.05) is 6.20 Å². The fourth-order valence-electron chi connectivity index (χ4n) is 2.18. The minimum Gasteiger partial charge on any atom is -0.387 e. The van der Waals surface area contributed by atoms with E-state index in [2.05, 4.69) is 21.4 Å². The van der Waals surface area contributed by atoms with Crippen LogP contribution in [0.1, 0.15) is 12.8 Å². The van der Waals surface area contributed by atoms with Gasteiger partial charge in [-0.3, -0.25) is 0 Å². The van der Waals surface area contributed by atoms with Gasteiger partial charge in [-0.25, -0.2) is 9.97 Å². The van der Waals surface area contributed by atoms with Crippen LogP contribution in [0.2, 0.25) is 0 Å². The van der Waals surface area contributed by atoms with Crippen molar-refractivity contribution in [2.75, 3.05) is 6.54 Å². The molecule has 3 heteroatoms. The van der Waals surface area contributed by atoms with Crippen molar-refractivity contribution in [3.8, 4) is 0 Å². The lowest BCUT2D eigenvalue weighted by Crippen LogP contribution is -2.37. The van der Waals surface area contributed by atoms with Crippen LogP contribution < -0.4 is 15.9 Å². The van der Waals surface area contributed by atoms with Crippen LogP contribution in [0.4, 0.5) is 0 Å². The van der Waals surface area contributed by atoms with Gasteiger partial charge in [0.25, 0.3) is 0 Å². The number of nitrogens with one attached hydrogen (secondary N) is 1. The first-order valence-electron chi connectivity index (χ1n) is 4.69. The average Bonchev–Trinajstić information content (AvgIpc) is 2.65. The highest BCUT2D eigenvalue weighted by Crippen LogP contribution is 2.23. The van der Waals surface area contributed by atoms with Gasteiger partial charge >= 0.3 is 0 Å². The Labute approximate surface area is 76.2 Å². The number of rotatable bonds is 0. The minimum atomic E-state index is 0.693. The maximum Gasteiger partial charge on any atom is 0.116 e. The smallest absolute Gasteiger partial charge is 0.116 e. The van der Waals surface area contributed by atoms with E-state index in [0.29, 0.717) is 5.92 Å². The van der Waals surface area contributed by atoms with E-state index in [1.165, 1.54) is 17.3 Å². The van der Waals surface area contributed by atoms with Gasteiger partial charge in [-0.05, 0) is 12.8 Å². The first kappa shape index (κ1) is 7.06. The van der Waals surface area contributed by atoms with Gasteiger partial charge in [-0.15, -0.1) is 0 Å². The predicted octanol–water partition coefficient (Wildman–Crippen LogP) is -0.622. The topological polar surface area (TPSA) is 37.8 Å². The molecule has 0 aromatic carbocycles. The fourth-order valence-corrected chi connectivity index (χ4v) is 2.18. The number of hydrogen-bond donors (Lipinski definition) is 1. The average molecular weight is 173 g/mol. The summed E-state index contributed by atoms with van der Waals surface area (Å²) < 4.78 is 0. The molecule has 66 valence electrons. The third-order valence-corrected chi connectivity index (χ3v) is 2.85. The van der Waals surface area contributed by atoms with Crippen molar-refractivity contribution in [2.24, 2.45) is 5.92 Å². The molecule has 1 atom stereocenters. The molecular weight excluding hydrogens is 162 g/mol. The van der Waals surface area contributed by atoms with Gasteiger partial charge in [0.05, 0.1) is 5.35 Å². The van der Waals surface area contributed by atoms with Crippen LogP contribution in [0.5, 0.6) is 0 Å². The van der Waals surface area contributed by atoms with Crippen LogP contribution >= 0.6 is 0 Å². The van der Waals surface area contributed by atoms with E-state index in [0.717, 1.165) is 18.3 Å². The largest absolute Gasteiger partial charge is 0.387 e. The van der Waals surface area contributed by atoms with Gasteiger partial charge in [0.15, 0.2) is 0 Å². The van der Waals surface area contributed by atoms with Gasteiger partial charge in [-0.1, -0.05) is 6.08 Å². The van der Waals surface area contributed by atoms with E-state index in [-0.39, 0.29) is 0 Å². The minimum absolute atomic E-state index is 0.693. The standard InChI is InChI=1S/C10H11N3/c1-2-9-8(5-11-6-13-9)10-7(1)3-4-12-10/h2,5-7,12H,1,3-4H2. The molecule has 1 N–H and O–H groups in total. The molecule has 0 radical (unpaired) electrons. The lowest BCUT2D eigenvalue weighted by molar-refractivity contribution is 0.693. The van der Waals surface area contributed by atoms with E-state index in [9.17, 15) is 0 Å². The van der Waals surface area contributed by atoms with Crippen LogP contribution in [-0.4, -0.2) is 16.5 Å². The van der Waals surface area contributed by atoms with Gasteiger partial charge in [-0.2, -0.15) is 0 Å². The summed E-state index contributed by atoms with van der Waals surface area (Å²) in [6.07, 6.45) is 8.13. The van der Waals surface area contributed by atoms with Crippen LogP contribution in [0.3, 0.4) is 0 Å². The SMILES string of the molecule is C1=c2ncncc2=C2NCCC2C1. The highest BCUT2D eigenvalue weighted by atomic mass is 14.9. The highest BCUT2D eigenvalue weighted by molar-refractivity contribution is 5.52. The molecule has 2 aliphatic rings. The molecular formula is C10H11N3. The fraction of sp³-hybridized carbons (Fsp3) is 0.400. The number of nitrogens with zero attached hydrogens (tertiary/aromatic N) is 2. The van der Waals surface area contributed by atoms with Crippen LogP contribution in [0.25, 0.3) is 11.8 Å². The van der Waals surface area contributed by atoms with E-state index < -0.39 is 0 Å². The zero-order valence-electron chi connectivity index (χ0n) is 7.33. The maximum atomic E-state index is 4.25. The third kappa shape index (κ3) is 0.963. The monoisotopic (exact) mass is 173 g/mol. The molecule has 0 bridgehead atoms. The molecule has 3 rings (SSSR count). The molecule has 1 unspecified atom stereocenters. The summed E-state index contributed by atoms with van der Waals surface area (Å²) in [5.74, 6) is 0.693. The third-order valence-electron chi connectivity index (χ3n) is 2.85. The molecule has 0 spiro atoms. The molecule has 1 fully saturated rings. The molecule has 13 heavy (non-hydrogen) atoms. The van der Waals surface area contributed by atoms with Crippen molar-refractivity contribution in [1.82, 2.24) is 15.3 Å². The van der Waals surface area contributed by atoms with E-state index in [1.54, 1.807) is 6.33 Å².